The third-order valence-electron chi connectivity index (χ3n) is 5.72. The average molecular weight is 428 g/mol. The summed E-state index contributed by atoms with van der Waals surface area (Å²) in [4.78, 5) is 5.01. The number of benzene rings is 4. The molecule has 0 fully saturated rings. The summed E-state index contributed by atoms with van der Waals surface area (Å²) in [5.41, 5.74) is 10.7. The summed E-state index contributed by atoms with van der Waals surface area (Å²) in [6.45, 7) is 0. The summed E-state index contributed by atoms with van der Waals surface area (Å²) in [6.07, 6.45) is 0. The molecule has 0 amide bonds. The van der Waals surface area contributed by atoms with Crippen LogP contribution in [0.3, 0.4) is 0 Å². The molecular weight excluding hydrogens is 408 g/mol. The Hall–Kier alpha value is -4.64. The van der Waals surface area contributed by atoms with Crippen LogP contribution in [0.15, 0.2) is 103 Å². The zero-order valence-electron chi connectivity index (χ0n) is 17.7. The summed E-state index contributed by atoms with van der Waals surface area (Å²) in [5.74, 6) is 1.98. The molecule has 0 aliphatic heterocycles. The molecule has 0 radical (unpaired) electrons. The van der Waals surface area contributed by atoms with E-state index in [9.17, 15) is 0 Å². The fraction of sp³-hybridized carbons (Fsp3) is 0. The van der Waals surface area contributed by atoms with Crippen molar-refractivity contribution in [3.05, 3.63) is 103 Å². The van der Waals surface area contributed by atoms with E-state index in [0.717, 1.165) is 44.9 Å². The number of fused-ring (bicyclic) bond motifs is 2. The number of pyridine rings is 1. The Morgan fingerprint density at radius 1 is 0.667 bits per heavy atom. The highest BCUT2D eigenvalue weighted by molar-refractivity contribution is 6.01. The van der Waals surface area contributed by atoms with Crippen molar-refractivity contribution in [1.82, 2.24) is 15.2 Å². The van der Waals surface area contributed by atoms with Crippen LogP contribution < -0.4 is 10.5 Å². The Balaban J connectivity index is 1.44. The Bertz CT molecular complexity index is 1590. The molecule has 6 rings (SSSR count). The molecule has 2 heterocycles. The van der Waals surface area contributed by atoms with E-state index in [1.165, 1.54) is 10.8 Å². The standard InChI is InChI=1S/C28H20N4O/c29-28-26-25(31-32-28)17-24(21-11-10-18-6-4-5-7-20(18)16-21)30-27(26)19-12-14-23(15-13-19)33-22-8-2-1-3-9-22/h1-17H,(H3,29,31,32). The lowest BCUT2D eigenvalue weighted by Crippen LogP contribution is -1.93. The van der Waals surface area contributed by atoms with E-state index >= 15 is 0 Å². The van der Waals surface area contributed by atoms with Crippen molar-refractivity contribution in [3.8, 4) is 34.0 Å². The van der Waals surface area contributed by atoms with Crippen LogP contribution in [0.1, 0.15) is 0 Å². The molecule has 158 valence electrons. The molecule has 5 heteroatoms. The summed E-state index contributed by atoms with van der Waals surface area (Å²) in [7, 11) is 0. The molecule has 0 saturated heterocycles. The van der Waals surface area contributed by atoms with Gasteiger partial charge in [0.1, 0.15) is 11.5 Å². The van der Waals surface area contributed by atoms with Crippen LogP contribution in [0.25, 0.3) is 44.2 Å². The van der Waals surface area contributed by atoms with Gasteiger partial charge in [0, 0.05) is 11.1 Å². The molecule has 6 aromatic rings. The van der Waals surface area contributed by atoms with Gasteiger partial charge in [0.05, 0.1) is 22.3 Å². The summed E-state index contributed by atoms with van der Waals surface area (Å²) in [5, 5.41) is 10.5. The monoisotopic (exact) mass is 428 g/mol. The molecule has 0 saturated carbocycles. The van der Waals surface area contributed by atoms with Gasteiger partial charge in [-0.15, -0.1) is 0 Å². The lowest BCUT2D eigenvalue weighted by Gasteiger charge is -2.10. The highest BCUT2D eigenvalue weighted by atomic mass is 16.5. The molecule has 5 nitrogen and oxygen atoms in total. The maximum Gasteiger partial charge on any atom is 0.155 e. The van der Waals surface area contributed by atoms with Gasteiger partial charge in [0.15, 0.2) is 5.82 Å². The number of para-hydroxylation sites is 1. The summed E-state index contributed by atoms with van der Waals surface area (Å²) in [6, 6.07) is 34.3. The number of ether oxygens (including phenoxy) is 1. The van der Waals surface area contributed by atoms with Crippen molar-refractivity contribution in [1.29, 1.82) is 0 Å². The topological polar surface area (TPSA) is 76.8 Å². The second kappa shape index (κ2) is 7.80. The predicted octanol–water partition coefficient (Wildman–Crippen LogP) is 6.82. The van der Waals surface area contributed by atoms with E-state index in [0.29, 0.717) is 5.82 Å². The van der Waals surface area contributed by atoms with Gasteiger partial charge in [-0.1, -0.05) is 54.6 Å². The first-order valence-corrected chi connectivity index (χ1v) is 10.7. The number of anilines is 1. The quantitative estimate of drug-likeness (QED) is 0.323. The van der Waals surface area contributed by atoms with Crippen molar-refractivity contribution in [2.24, 2.45) is 0 Å². The van der Waals surface area contributed by atoms with Crippen molar-refractivity contribution >= 4 is 27.5 Å². The van der Waals surface area contributed by atoms with Crippen LogP contribution in [0.4, 0.5) is 5.82 Å². The Labute approximate surface area is 190 Å². The van der Waals surface area contributed by atoms with Crippen molar-refractivity contribution in [2.45, 2.75) is 0 Å². The molecule has 0 unspecified atom stereocenters. The van der Waals surface area contributed by atoms with Crippen LogP contribution >= 0.6 is 0 Å². The molecular formula is C28H20N4O. The van der Waals surface area contributed by atoms with Crippen molar-refractivity contribution < 1.29 is 4.74 Å². The van der Waals surface area contributed by atoms with Crippen LogP contribution in [-0.2, 0) is 0 Å². The SMILES string of the molecule is Nc1n[nH]c2cc(-c3ccc4ccccc4c3)nc(-c3ccc(Oc4ccccc4)cc3)c12. The molecule has 33 heavy (non-hydrogen) atoms. The number of nitrogens with zero attached hydrogens (tertiary/aromatic N) is 2. The maximum absolute atomic E-state index is 6.20. The fourth-order valence-corrected chi connectivity index (χ4v) is 4.08. The van der Waals surface area contributed by atoms with E-state index in [1.807, 2.05) is 72.8 Å². The van der Waals surface area contributed by atoms with Crippen molar-refractivity contribution in [2.75, 3.05) is 5.73 Å². The zero-order chi connectivity index (χ0) is 22.2. The van der Waals surface area contributed by atoms with Gasteiger partial charge < -0.3 is 10.5 Å². The number of hydrogen-bond acceptors (Lipinski definition) is 4. The molecule has 0 spiro atoms. The molecule has 2 aromatic heterocycles. The third kappa shape index (κ3) is 3.55. The summed E-state index contributed by atoms with van der Waals surface area (Å²) < 4.78 is 5.94. The first-order valence-electron chi connectivity index (χ1n) is 10.7. The van der Waals surface area contributed by atoms with E-state index in [-0.39, 0.29) is 0 Å². The van der Waals surface area contributed by atoms with Gasteiger partial charge in [-0.2, -0.15) is 5.10 Å². The molecule has 4 aromatic carbocycles. The minimum absolute atomic E-state index is 0.433. The van der Waals surface area contributed by atoms with Crippen LogP contribution in [0, 0.1) is 0 Å². The minimum atomic E-state index is 0.433. The van der Waals surface area contributed by atoms with Gasteiger partial charge in [-0.25, -0.2) is 4.98 Å². The van der Waals surface area contributed by atoms with Gasteiger partial charge in [-0.3, -0.25) is 5.10 Å². The molecule has 0 aliphatic carbocycles. The highest BCUT2D eigenvalue weighted by Gasteiger charge is 2.15. The summed E-state index contributed by atoms with van der Waals surface area (Å²) >= 11 is 0. The lowest BCUT2D eigenvalue weighted by atomic mass is 10.0. The smallest absolute Gasteiger partial charge is 0.155 e. The number of nitrogen functional groups attached to an aromatic ring is 1. The van der Waals surface area contributed by atoms with Crippen LogP contribution in [-0.4, -0.2) is 15.2 Å². The minimum Gasteiger partial charge on any atom is -0.457 e. The van der Waals surface area contributed by atoms with E-state index in [2.05, 4.69) is 40.5 Å². The average Bonchev–Trinajstić information content (AvgIpc) is 3.25. The second-order valence-corrected chi connectivity index (χ2v) is 7.89. The number of H-pyrrole nitrogens is 1. The molecule has 0 bridgehead atoms. The van der Waals surface area contributed by atoms with Gasteiger partial charge in [-0.05, 0) is 59.3 Å². The first kappa shape index (κ1) is 19.1. The van der Waals surface area contributed by atoms with Crippen LogP contribution in [0.2, 0.25) is 0 Å². The number of rotatable bonds is 4. The van der Waals surface area contributed by atoms with Gasteiger partial charge in [0.25, 0.3) is 0 Å². The Kier molecular flexibility index (Phi) is 4.51. The molecule has 0 atom stereocenters. The first-order chi connectivity index (χ1) is 16.2. The second-order valence-electron chi connectivity index (χ2n) is 7.89. The van der Waals surface area contributed by atoms with Gasteiger partial charge in [0.2, 0.25) is 0 Å². The number of nitrogens with one attached hydrogen (secondary N) is 1. The number of aromatic nitrogens is 3. The molecule has 0 aliphatic rings. The number of hydrogen-bond donors (Lipinski definition) is 2. The highest BCUT2D eigenvalue weighted by Crippen LogP contribution is 2.35. The number of aromatic amines is 1. The van der Waals surface area contributed by atoms with E-state index in [1.54, 1.807) is 0 Å². The van der Waals surface area contributed by atoms with Gasteiger partial charge >= 0.3 is 0 Å². The Morgan fingerprint density at radius 2 is 1.36 bits per heavy atom. The van der Waals surface area contributed by atoms with E-state index < -0.39 is 0 Å². The van der Waals surface area contributed by atoms with E-state index in [4.69, 9.17) is 15.5 Å². The van der Waals surface area contributed by atoms with Crippen LogP contribution in [0.5, 0.6) is 11.5 Å². The lowest BCUT2D eigenvalue weighted by molar-refractivity contribution is 0.483. The Morgan fingerprint density at radius 3 is 2.18 bits per heavy atom. The fourth-order valence-electron chi connectivity index (χ4n) is 4.08. The zero-order valence-corrected chi connectivity index (χ0v) is 17.7. The predicted molar refractivity (Wildman–Crippen MR) is 133 cm³/mol. The third-order valence-corrected chi connectivity index (χ3v) is 5.72. The largest absolute Gasteiger partial charge is 0.457 e. The molecule has 3 N–H and O–H groups in total. The maximum atomic E-state index is 6.20. The number of nitrogens with two attached hydrogens (primary N) is 1. The normalized spacial score (nSPS) is 11.2. The van der Waals surface area contributed by atoms with Crippen molar-refractivity contribution in [3.63, 3.8) is 0 Å².